The molecule has 1 aromatic rings. The number of pyridine rings is 1. The lowest BCUT2D eigenvalue weighted by Crippen LogP contribution is -2.24. The van der Waals surface area contributed by atoms with Crippen LogP contribution in [0.4, 0.5) is 13.2 Å². The largest absolute Gasteiger partial charge is 0.495 e. The summed E-state index contributed by atoms with van der Waals surface area (Å²) in [6.07, 6.45) is -3.78. The Morgan fingerprint density at radius 2 is 2.09 bits per heavy atom. The lowest BCUT2D eigenvalue weighted by atomic mass is 9.92. The van der Waals surface area contributed by atoms with Crippen molar-refractivity contribution in [3.63, 3.8) is 0 Å². The van der Waals surface area contributed by atoms with E-state index >= 15 is 0 Å². The Hall–Kier alpha value is -2.15. The van der Waals surface area contributed by atoms with Gasteiger partial charge in [-0.25, -0.2) is 0 Å². The molecule has 1 aliphatic carbocycles. The van der Waals surface area contributed by atoms with Gasteiger partial charge >= 0.3 is 6.18 Å². The first kappa shape index (κ1) is 16.2. The van der Waals surface area contributed by atoms with Crippen molar-refractivity contribution in [3.05, 3.63) is 47.0 Å². The molecule has 22 heavy (non-hydrogen) atoms. The molecule has 0 aromatic carbocycles. The maximum Gasteiger partial charge on any atom is 0.416 e. The average molecular weight is 313 g/mol. The van der Waals surface area contributed by atoms with Gasteiger partial charge in [-0.3, -0.25) is 9.78 Å². The zero-order chi connectivity index (χ0) is 16.5. The van der Waals surface area contributed by atoms with Gasteiger partial charge in [-0.2, -0.15) is 13.2 Å². The number of aliphatic hydroxyl groups excluding tert-OH is 1. The van der Waals surface area contributed by atoms with Crippen molar-refractivity contribution >= 4 is 11.4 Å². The number of allylic oxidation sites excluding steroid dienone is 2. The van der Waals surface area contributed by atoms with Crippen molar-refractivity contribution in [1.82, 2.24) is 4.98 Å². The minimum absolute atomic E-state index is 0.00912. The minimum Gasteiger partial charge on any atom is -0.495 e. The van der Waals surface area contributed by atoms with Crippen LogP contribution in [-0.4, -0.2) is 28.6 Å². The van der Waals surface area contributed by atoms with E-state index < -0.39 is 23.6 Å². The van der Waals surface area contributed by atoms with Gasteiger partial charge in [0, 0.05) is 17.3 Å². The second kappa shape index (κ2) is 5.92. The van der Waals surface area contributed by atoms with Gasteiger partial charge in [0.1, 0.15) is 11.9 Å². The first-order valence-electron chi connectivity index (χ1n) is 6.57. The number of rotatable bonds is 3. The summed E-state index contributed by atoms with van der Waals surface area (Å²) in [5, 5.41) is 10.3. The number of aromatic nitrogens is 1. The summed E-state index contributed by atoms with van der Waals surface area (Å²) in [6.45, 7) is 3.39. The standard InChI is InChI=1S/C15H14F3NO3/c1-3-22-14-8(2)12(20)7-10(13(14)21)11-6-9(4-5-19-11)15(16,17)18/h4-7,13,21H,3H2,1-2H3. The van der Waals surface area contributed by atoms with E-state index in [1.165, 1.54) is 6.92 Å². The van der Waals surface area contributed by atoms with Crippen LogP contribution in [0.25, 0.3) is 5.57 Å². The molecule has 0 amide bonds. The average Bonchev–Trinajstić information content (AvgIpc) is 2.46. The molecule has 1 heterocycles. The molecule has 1 N–H and O–H groups in total. The Kier molecular flexibility index (Phi) is 4.37. The number of alkyl halides is 3. The molecule has 0 radical (unpaired) electrons. The van der Waals surface area contributed by atoms with E-state index in [-0.39, 0.29) is 29.2 Å². The van der Waals surface area contributed by atoms with Gasteiger partial charge in [0.25, 0.3) is 0 Å². The summed E-state index contributed by atoms with van der Waals surface area (Å²) >= 11 is 0. The van der Waals surface area contributed by atoms with Gasteiger partial charge in [-0.05, 0) is 32.1 Å². The van der Waals surface area contributed by atoms with Crippen molar-refractivity contribution in [1.29, 1.82) is 0 Å². The maximum atomic E-state index is 12.8. The third kappa shape index (κ3) is 3.04. The van der Waals surface area contributed by atoms with E-state index in [4.69, 9.17) is 4.74 Å². The molecule has 0 saturated heterocycles. The third-order valence-corrected chi connectivity index (χ3v) is 3.25. The number of halogens is 3. The zero-order valence-corrected chi connectivity index (χ0v) is 11.9. The van der Waals surface area contributed by atoms with E-state index in [9.17, 15) is 23.1 Å². The fraction of sp³-hybridized carbons (Fsp3) is 0.333. The number of ether oxygens (including phenoxy) is 1. The van der Waals surface area contributed by atoms with Gasteiger partial charge in [0.2, 0.25) is 0 Å². The monoisotopic (exact) mass is 313 g/mol. The molecule has 4 nitrogen and oxygen atoms in total. The fourth-order valence-electron chi connectivity index (χ4n) is 2.12. The van der Waals surface area contributed by atoms with Crippen molar-refractivity contribution < 1.29 is 27.8 Å². The molecular weight excluding hydrogens is 299 g/mol. The van der Waals surface area contributed by atoms with Gasteiger partial charge in [0.15, 0.2) is 5.78 Å². The number of carbonyl (C=O) groups is 1. The van der Waals surface area contributed by atoms with E-state index in [2.05, 4.69) is 4.98 Å². The van der Waals surface area contributed by atoms with E-state index in [0.29, 0.717) is 0 Å². The highest BCUT2D eigenvalue weighted by Crippen LogP contribution is 2.33. The molecule has 0 aliphatic heterocycles. The van der Waals surface area contributed by atoms with Crippen molar-refractivity contribution in [2.45, 2.75) is 26.1 Å². The Morgan fingerprint density at radius 1 is 1.41 bits per heavy atom. The summed E-state index contributed by atoms with van der Waals surface area (Å²) in [5.41, 5.74) is -0.794. The Labute approximate surface area is 124 Å². The molecule has 0 saturated carbocycles. The van der Waals surface area contributed by atoms with Gasteiger partial charge < -0.3 is 9.84 Å². The number of ketones is 1. The van der Waals surface area contributed by atoms with Gasteiger partial charge in [-0.15, -0.1) is 0 Å². The number of nitrogens with zero attached hydrogens (tertiary/aromatic N) is 1. The first-order chi connectivity index (χ1) is 10.3. The normalized spacial score (nSPS) is 19.3. The van der Waals surface area contributed by atoms with Crippen LogP contribution < -0.4 is 0 Å². The third-order valence-electron chi connectivity index (χ3n) is 3.25. The van der Waals surface area contributed by atoms with Crippen molar-refractivity contribution in [2.75, 3.05) is 6.61 Å². The molecule has 1 unspecified atom stereocenters. The lowest BCUT2D eigenvalue weighted by Gasteiger charge is -2.24. The summed E-state index contributed by atoms with van der Waals surface area (Å²) < 4.78 is 43.5. The highest BCUT2D eigenvalue weighted by molar-refractivity contribution is 6.10. The van der Waals surface area contributed by atoms with Crippen LogP contribution in [0.2, 0.25) is 0 Å². The first-order valence-corrected chi connectivity index (χ1v) is 6.57. The highest BCUT2D eigenvalue weighted by atomic mass is 19.4. The SMILES string of the molecule is CCOC1=C(C)C(=O)C=C(c2cc(C(F)(F)F)ccn2)C1O. The molecule has 0 fully saturated rings. The van der Waals surface area contributed by atoms with Crippen LogP contribution in [0, 0.1) is 0 Å². The lowest BCUT2D eigenvalue weighted by molar-refractivity contribution is -0.137. The van der Waals surface area contributed by atoms with Gasteiger partial charge in [-0.1, -0.05) is 0 Å². The second-order valence-electron chi connectivity index (χ2n) is 4.72. The maximum absolute atomic E-state index is 12.8. The highest BCUT2D eigenvalue weighted by Gasteiger charge is 2.33. The van der Waals surface area contributed by atoms with Crippen LogP contribution in [0.3, 0.4) is 0 Å². The predicted molar refractivity (Wildman–Crippen MR) is 72.6 cm³/mol. The van der Waals surface area contributed by atoms with Crippen molar-refractivity contribution in [3.8, 4) is 0 Å². The van der Waals surface area contributed by atoms with Gasteiger partial charge in [0.05, 0.1) is 17.9 Å². The van der Waals surface area contributed by atoms with Crippen LogP contribution in [0.5, 0.6) is 0 Å². The van der Waals surface area contributed by atoms with Crippen LogP contribution in [0.1, 0.15) is 25.1 Å². The van der Waals surface area contributed by atoms with Crippen molar-refractivity contribution in [2.24, 2.45) is 0 Å². The Morgan fingerprint density at radius 3 is 2.68 bits per heavy atom. The molecule has 2 rings (SSSR count). The van der Waals surface area contributed by atoms with E-state index in [1.807, 2.05) is 0 Å². The topological polar surface area (TPSA) is 59.4 Å². The number of carbonyl (C=O) groups excluding carboxylic acids is 1. The zero-order valence-electron chi connectivity index (χ0n) is 11.9. The quantitative estimate of drug-likeness (QED) is 0.932. The van der Waals surface area contributed by atoms with Crippen LogP contribution >= 0.6 is 0 Å². The second-order valence-corrected chi connectivity index (χ2v) is 4.72. The molecule has 0 spiro atoms. The number of hydrogen-bond acceptors (Lipinski definition) is 4. The molecular formula is C15H14F3NO3. The molecule has 7 heteroatoms. The summed E-state index contributed by atoms with van der Waals surface area (Å²) in [4.78, 5) is 15.7. The smallest absolute Gasteiger partial charge is 0.416 e. The Bertz CT molecular complexity index is 662. The minimum atomic E-state index is -4.53. The predicted octanol–water partition coefficient (Wildman–Crippen LogP) is 2.74. The van der Waals surface area contributed by atoms with Crippen LogP contribution in [0.15, 0.2) is 35.7 Å². The van der Waals surface area contributed by atoms with E-state index in [0.717, 1.165) is 24.4 Å². The summed E-state index contributed by atoms with van der Waals surface area (Å²) in [6, 6.07) is 1.62. The molecule has 1 aliphatic rings. The molecule has 0 bridgehead atoms. The van der Waals surface area contributed by atoms with Crippen LogP contribution in [-0.2, 0) is 15.7 Å². The molecule has 1 atom stereocenters. The molecule has 1 aromatic heterocycles. The number of aliphatic hydroxyl groups is 1. The fourth-order valence-corrected chi connectivity index (χ4v) is 2.12. The Balaban J connectivity index is 2.46. The molecule has 118 valence electrons. The summed E-state index contributed by atoms with van der Waals surface area (Å²) in [7, 11) is 0. The van der Waals surface area contributed by atoms with E-state index in [1.54, 1.807) is 6.92 Å². The summed E-state index contributed by atoms with van der Waals surface area (Å²) in [5.74, 6) is -0.382. The number of hydrogen-bond donors (Lipinski definition) is 1.